The molecule has 150 valence electrons. The number of carbonyl (C=O) groups excluding carboxylic acids is 1. The Labute approximate surface area is 174 Å². The fourth-order valence-corrected chi connectivity index (χ4v) is 4.39. The van der Waals surface area contributed by atoms with E-state index in [1.54, 1.807) is 17.0 Å². The summed E-state index contributed by atoms with van der Waals surface area (Å²) < 4.78 is 15.6. The van der Waals surface area contributed by atoms with Crippen LogP contribution in [0.3, 0.4) is 0 Å². The molecule has 0 saturated carbocycles. The van der Waals surface area contributed by atoms with Crippen LogP contribution in [-0.4, -0.2) is 22.0 Å². The molecule has 1 aromatic heterocycles. The van der Waals surface area contributed by atoms with Crippen LogP contribution in [0.25, 0.3) is 11.0 Å². The number of rotatable bonds is 4. The summed E-state index contributed by atoms with van der Waals surface area (Å²) in [4.78, 5) is 19.5. The highest BCUT2D eigenvalue weighted by molar-refractivity contribution is 5.96. The van der Waals surface area contributed by atoms with Gasteiger partial charge in [0.05, 0.1) is 17.1 Å². The van der Waals surface area contributed by atoms with Crippen LogP contribution < -0.4 is 4.90 Å². The van der Waals surface area contributed by atoms with E-state index in [1.807, 2.05) is 36.4 Å². The van der Waals surface area contributed by atoms with Gasteiger partial charge in [0, 0.05) is 24.6 Å². The molecule has 5 heteroatoms. The van der Waals surface area contributed by atoms with E-state index in [0.717, 1.165) is 22.5 Å². The summed E-state index contributed by atoms with van der Waals surface area (Å²) in [6.45, 7) is 2.71. The number of amides is 1. The van der Waals surface area contributed by atoms with Crippen LogP contribution in [0.5, 0.6) is 0 Å². The maximum absolute atomic E-state index is 13.3. The van der Waals surface area contributed by atoms with Crippen molar-refractivity contribution in [2.24, 2.45) is 0 Å². The van der Waals surface area contributed by atoms with Crippen molar-refractivity contribution < 1.29 is 9.18 Å². The second-order valence-corrected chi connectivity index (χ2v) is 7.80. The lowest BCUT2D eigenvalue weighted by Crippen LogP contribution is -2.24. The third-order valence-electron chi connectivity index (χ3n) is 5.92. The molecule has 0 bridgehead atoms. The molecule has 1 aliphatic rings. The molecule has 4 aromatic rings. The van der Waals surface area contributed by atoms with Gasteiger partial charge in [0.25, 0.3) is 0 Å². The average molecular weight is 399 g/mol. The summed E-state index contributed by atoms with van der Waals surface area (Å²) in [6.07, 6.45) is 0.391. The molecule has 1 fully saturated rings. The molecule has 2 heterocycles. The van der Waals surface area contributed by atoms with Gasteiger partial charge in [-0.3, -0.25) is 4.79 Å². The molecule has 0 spiro atoms. The Balaban J connectivity index is 1.56. The number of para-hydroxylation sites is 2. The maximum atomic E-state index is 13.3. The lowest BCUT2D eigenvalue weighted by Gasteiger charge is -2.21. The monoisotopic (exact) mass is 399 g/mol. The third-order valence-corrected chi connectivity index (χ3v) is 5.92. The Hall–Kier alpha value is -3.47. The van der Waals surface area contributed by atoms with E-state index in [-0.39, 0.29) is 23.7 Å². The average Bonchev–Trinajstić information content (AvgIpc) is 3.35. The van der Waals surface area contributed by atoms with Gasteiger partial charge in [0.15, 0.2) is 0 Å². The van der Waals surface area contributed by atoms with Gasteiger partial charge in [0.2, 0.25) is 5.91 Å². The molecule has 0 unspecified atom stereocenters. The Bertz CT molecular complexity index is 1200. The van der Waals surface area contributed by atoms with E-state index in [9.17, 15) is 9.18 Å². The third kappa shape index (κ3) is 3.16. The Kier molecular flexibility index (Phi) is 4.58. The molecule has 1 aliphatic heterocycles. The number of hydrogen-bond acceptors (Lipinski definition) is 2. The summed E-state index contributed by atoms with van der Waals surface area (Å²) in [7, 11) is 0. The van der Waals surface area contributed by atoms with Gasteiger partial charge in [0.1, 0.15) is 11.6 Å². The zero-order valence-corrected chi connectivity index (χ0v) is 16.7. The maximum Gasteiger partial charge on any atom is 0.227 e. The lowest BCUT2D eigenvalue weighted by atomic mass is 10.0. The first-order chi connectivity index (χ1) is 14.6. The first-order valence-corrected chi connectivity index (χ1v) is 10.2. The second kappa shape index (κ2) is 7.41. The molecule has 30 heavy (non-hydrogen) atoms. The van der Waals surface area contributed by atoms with Crippen LogP contribution in [0, 0.1) is 5.82 Å². The van der Waals surface area contributed by atoms with Gasteiger partial charge in [-0.1, -0.05) is 42.5 Å². The SMILES string of the molecule is C[C@H](c1ccccc1)n1c([C@@H]2CC(=O)N(c3ccc(F)cc3)C2)nc2ccccc21. The van der Waals surface area contributed by atoms with Gasteiger partial charge in [-0.15, -0.1) is 0 Å². The van der Waals surface area contributed by atoms with Crippen molar-refractivity contribution >= 4 is 22.6 Å². The van der Waals surface area contributed by atoms with Crippen molar-refractivity contribution in [3.05, 3.63) is 96.1 Å². The lowest BCUT2D eigenvalue weighted by molar-refractivity contribution is -0.117. The Morgan fingerprint density at radius 1 is 0.967 bits per heavy atom. The van der Waals surface area contributed by atoms with Crippen molar-refractivity contribution in [3.8, 4) is 0 Å². The summed E-state index contributed by atoms with van der Waals surface area (Å²) >= 11 is 0. The molecule has 2 atom stereocenters. The highest BCUT2D eigenvalue weighted by atomic mass is 19.1. The number of carbonyl (C=O) groups is 1. The van der Waals surface area contributed by atoms with Gasteiger partial charge in [-0.05, 0) is 48.9 Å². The fourth-order valence-electron chi connectivity index (χ4n) is 4.39. The van der Waals surface area contributed by atoms with Crippen LogP contribution in [0.1, 0.15) is 36.7 Å². The molecule has 3 aromatic carbocycles. The normalized spacial score (nSPS) is 17.6. The predicted molar refractivity (Wildman–Crippen MR) is 116 cm³/mol. The van der Waals surface area contributed by atoms with Crippen LogP contribution in [0.4, 0.5) is 10.1 Å². The van der Waals surface area contributed by atoms with Crippen molar-refractivity contribution in [3.63, 3.8) is 0 Å². The van der Waals surface area contributed by atoms with Gasteiger partial charge in [-0.2, -0.15) is 0 Å². The van der Waals surface area contributed by atoms with E-state index < -0.39 is 0 Å². The van der Waals surface area contributed by atoms with Crippen LogP contribution in [0.2, 0.25) is 0 Å². The minimum Gasteiger partial charge on any atom is -0.320 e. The summed E-state index contributed by atoms with van der Waals surface area (Å²) in [5.41, 5.74) is 3.92. The number of fused-ring (bicyclic) bond motifs is 1. The van der Waals surface area contributed by atoms with Crippen LogP contribution in [0.15, 0.2) is 78.9 Å². The van der Waals surface area contributed by atoms with Gasteiger partial charge >= 0.3 is 0 Å². The van der Waals surface area contributed by atoms with E-state index in [1.165, 1.54) is 17.7 Å². The largest absolute Gasteiger partial charge is 0.320 e. The Morgan fingerprint density at radius 3 is 2.43 bits per heavy atom. The summed E-state index contributed by atoms with van der Waals surface area (Å²) in [6, 6.07) is 24.6. The van der Waals surface area contributed by atoms with Gasteiger partial charge in [-0.25, -0.2) is 9.37 Å². The summed E-state index contributed by atoms with van der Waals surface area (Å²) in [5, 5.41) is 0. The highest BCUT2D eigenvalue weighted by Crippen LogP contribution is 2.36. The van der Waals surface area contributed by atoms with Crippen molar-refractivity contribution in [2.45, 2.75) is 25.3 Å². The summed E-state index contributed by atoms with van der Waals surface area (Å²) in [5.74, 6) is 0.629. The second-order valence-electron chi connectivity index (χ2n) is 7.80. The van der Waals surface area contributed by atoms with Crippen LogP contribution in [-0.2, 0) is 4.79 Å². The van der Waals surface area contributed by atoms with Crippen molar-refractivity contribution in [1.82, 2.24) is 9.55 Å². The number of nitrogens with zero attached hydrogens (tertiary/aromatic N) is 3. The number of anilines is 1. The molecular formula is C25H22FN3O. The first-order valence-electron chi connectivity index (χ1n) is 10.2. The van der Waals surface area contributed by atoms with Crippen molar-refractivity contribution in [1.29, 1.82) is 0 Å². The molecule has 0 N–H and O–H groups in total. The number of halogens is 1. The van der Waals surface area contributed by atoms with Gasteiger partial charge < -0.3 is 9.47 Å². The minimum atomic E-state index is -0.305. The van der Waals surface area contributed by atoms with Crippen molar-refractivity contribution in [2.75, 3.05) is 11.4 Å². The van der Waals surface area contributed by atoms with E-state index in [0.29, 0.717) is 13.0 Å². The first kappa shape index (κ1) is 18.6. The fraction of sp³-hybridized carbons (Fsp3) is 0.200. The molecule has 1 saturated heterocycles. The standard InChI is InChI=1S/C25H22FN3O/c1-17(18-7-3-2-4-8-18)29-23-10-6-5-9-22(23)27-25(29)19-15-24(30)28(16-19)21-13-11-20(26)12-14-21/h2-14,17,19H,15-16H2,1H3/t17-,19-/m1/s1. The van der Waals surface area contributed by atoms with E-state index in [2.05, 4.69) is 29.7 Å². The smallest absolute Gasteiger partial charge is 0.227 e. The zero-order chi connectivity index (χ0) is 20.7. The Morgan fingerprint density at radius 2 is 1.67 bits per heavy atom. The quantitative estimate of drug-likeness (QED) is 0.467. The molecule has 4 nitrogen and oxygen atoms in total. The molecule has 1 amide bonds. The van der Waals surface area contributed by atoms with Crippen LogP contribution >= 0.6 is 0 Å². The topological polar surface area (TPSA) is 38.1 Å². The zero-order valence-electron chi connectivity index (χ0n) is 16.7. The minimum absolute atomic E-state index is 0.0267. The molecule has 5 rings (SSSR count). The van der Waals surface area contributed by atoms with E-state index >= 15 is 0 Å². The number of aromatic nitrogens is 2. The number of benzene rings is 3. The molecule has 0 aliphatic carbocycles. The number of imidazole rings is 1. The number of hydrogen-bond donors (Lipinski definition) is 0. The molecule has 0 radical (unpaired) electrons. The highest BCUT2D eigenvalue weighted by Gasteiger charge is 2.35. The van der Waals surface area contributed by atoms with E-state index in [4.69, 9.17) is 4.98 Å². The molecular weight excluding hydrogens is 377 g/mol. The predicted octanol–water partition coefficient (Wildman–Crippen LogP) is 5.31.